The van der Waals surface area contributed by atoms with E-state index in [1.807, 2.05) is 13.0 Å². The molecule has 0 spiro atoms. The largest absolute Gasteiger partial charge is 0.496 e. The Bertz CT molecular complexity index is 1070. The molecule has 0 radical (unpaired) electrons. The van der Waals surface area contributed by atoms with Crippen LogP contribution >= 0.6 is 11.6 Å². The Labute approximate surface area is 198 Å². The lowest BCUT2D eigenvalue weighted by molar-refractivity contribution is -0.135. The predicted molar refractivity (Wildman–Crippen MR) is 127 cm³/mol. The highest BCUT2D eigenvalue weighted by Crippen LogP contribution is 2.32. The molecule has 3 atom stereocenters. The van der Waals surface area contributed by atoms with Gasteiger partial charge in [0, 0.05) is 16.8 Å². The quantitative estimate of drug-likeness (QED) is 0.694. The number of fused-ring (bicyclic) bond motifs is 1. The van der Waals surface area contributed by atoms with Gasteiger partial charge in [0.25, 0.3) is 5.91 Å². The monoisotopic (exact) mass is 469 g/mol. The molecule has 0 unspecified atom stereocenters. The number of carbonyl (C=O) groups excluding carboxylic acids is 3. The Kier molecular flexibility index (Phi) is 6.88. The van der Waals surface area contributed by atoms with Crippen LogP contribution in [0.25, 0.3) is 0 Å². The zero-order valence-corrected chi connectivity index (χ0v) is 19.5. The van der Waals surface area contributed by atoms with Crippen LogP contribution in [0, 0.1) is 6.92 Å². The molecule has 1 saturated carbocycles. The number of hydrogen-bond donors (Lipinski definition) is 2. The van der Waals surface area contributed by atoms with Crippen molar-refractivity contribution in [2.45, 2.75) is 57.2 Å². The number of nitrogens with zero attached hydrogens (tertiary/aromatic N) is 1. The summed E-state index contributed by atoms with van der Waals surface area (Å²) in [4.78, 5) is 41.5. The zero-order valence-electron chi connectivity index (χ0n) is 18.8. The Morgan fingerprint density at radius 3 is 2.73 bits per heavy atom. The van der Waals surface area contributed by atoms with E-state index in [-0.39, 0.29) is 36.2 Å². The average Bonchev–Trinajstić information content (AvgIpc) is 2.81. The number of hydrogen-bond acceptors (Lipinski definition) is 4. The summed E-state index contributed by atoms with van der Waals surface area (Å²) >= 11 is 6.07. The Morgan fingerprint density at radius 2 is 1.94 bits per heavy atom. The smallest absolute Gasteiger partial charge is 0.258 e. The third-order valence-corrected chi connectivity index (χ3v) is 6.71. The lowest BCUT2D eigenvalue weighted by Crippen LogP contribution is -2.68. The van der Waals surface area contributed by atoms with Crippen molar-refractivity contribution in [3.63, 3.8) is 0 Å². The van der Waals surface area contributed by atoms with Crippen molar-refractivity contribution in [3.05, 3.63) is 58.6 Å². The highest BCUT2D eigenvalue weighted by molar-refractivity contribution is 6.31. The van der Waals surface area contributed by atoms with Gasteiger partial charge < -0.3 is 20.3 Å². The number of nitrogens with one attached hydrogen (secondary N) is 2. The van der Waals surface area contributed by atoms with Gasteiger partial charge in [-0.1, -0.05) is 42.6 Å². The van der Waals surface area contributed by atoms with Crippen molar-refractivity contribution in [3.8, 4) is 5.75 Å². The molecule has 2 N–H and O–H groups in total. The second-order valence-electron chi connectivity index (χ2n) is 8.61. The zero-order chi connectivity index (χ0) is 23.5. The highest BCUT2D eigenvalue weighted by atomic mass is 35.5. The lowest BCUT2D eigenvalue weighted by atomic mass is 9.84. The first-order valence-corrected chi connectivity index (χ1v) is 11.6. The molecule has 2 aliphatic rings. The summed E-state index contributed by atoms with van der Waals surface area (Å²) in [5.74, 6) is -0.513. The number of methoxy groups -OCH3 is 1. The van der Waals surface area contributed by atoms with E-state index < -0.39 is 6.04 Å². The van der Waals surface area contributed by atoms with E-state index in [4.69, 9.17) is 16.3 Å². The third kappa shape index (κ3) is 4.83. The van der Waals surface area contributed by atoms with Crippen molar-refractivity contribution >= 4 is 35.0 Å². The standard InChI is InChI=1S/C25H28ClN3O4/c1-15-11-12-16(26)13-19(15)27-23(30)14-21-24(31)28-18-8-4-5-9-20(18)29(21)25(32)17-7-3-6-10-22(17)33-2/h3,6-7,10-13,18,20-21H,4-5,8-9,14H2,1-2H3,(H,27,30)(H,28,31)/t18-,20+,21-/m0/s1. The molecule has 1 saturated heterocycles. The molecule has 2 aromatic carbocycles. The summed E-state index contributed by atoms with van der Waals surface area (Å²) in [6, 6.07) is 11.0. The molecule has 3 amide bonds. The van der Waals surface area contributed by atoms with E-state index in [1.54, 1.807) is 41.3 Å². The van der Waals surface area contributed by atoms with Crippen molar-refractivity contribution in [2.75, 3.05) is 12.4 Å². The first-order chi connectivity index (χ1) is 15.9. The second-order valence-corrected chi connectivity index (χ2v) is 9.04. The number of ether oxygens (including phenoxy) is 1. The number of halogens is 1. The summed E-state index contributed by atoms with van der Waals surface area (Å²) in [5, 5.41) is 6.41. The third-order valence-electron chi connectivity index (χ3n) is 6.48. The lowest BCUT2D eigenvalue weighted by Gasteiger charge is -2.48. The van der Waals surface area contributed by atoms with Gasteiger partial charge in [-0.25, -0.2) is 0 Å². The van der Waals surface area contributed by atoms with Gasteiger partial charge in [-0.2, -0.15) is 0 Å². The van der Waals surface area contributed by atoms with Crippen LogP contribution in [0.4, 0.5) is 5.69 Å². The van der Waals surface area contributed by atoms with Crippen LogP contribution in [0.1, 0.15) is 48.0 Å². The van der Waals surface area contributed by atoms with E-state index >= 15 is 0 Å². The molecule has 174 valence electrons. The molecular weight excluding hydrogens is 442 g/mol. The molecule has 2 fully saturated rings. The Hall–Kier alpha value is -3.06. The van der Waals surface area contributed by atoms with E-state index in [2.05, 4.69) is 10.6 Å². The fraction of sp³-hybridized carbons (Fsp3) is 0.400. The summed E-state index contributed by atoms with van der Waals surface area (Å²) in [5.41, 5.74) is 1.83. The van der Waals surface area contributed by atoms with E-state index in [1.165, 1.54) is 7.11 Å². The van der Waals surface area contributed by atoms with Gasteiger partial charge in [-0.15, -0.1) is 0 Å². The summed E-state index contributed by atoms with van der Waals surface area (Å²) in [6.45, 7) is 1.86. The maximum absolute atomic E-state index is 13.7. The molecule has 1 heterocycles. The van der Waals surface area contributed by atoms with Crippen molar-refractivity contribution in [1.29, 1.82) is 0 Å². The van der Waals surface area contributed by atoms with Crippen LogP contribution < -0.4 is 15.4 Å². The van der Waals surface area contributed by atoms with E-state index in [0.29, 0.717) is 22.0 Å². The number of aryl methyl sites for hydroxylation is 1. The topological polar surface area (TPSA) is 87.7 Å². The second kappa shape index (κ2) is 9.83. The molecule has 4 rings (SSSR count). The number of piperazine rings is 1. The number of benzene rings is 2. The fourth-order valence-electron chi connectivity index (χ4n) is 4.80. The minimum atomic E-state index is -0.916. The molecule has 7 nitrogen and oxygen atoms in total. The van der Waals surface area contributed by atoms with Crippen molar-refractivity contribution in [2.24, 2.45) is 0 Å². The molecule has 8 heteroatoms. The first-order valence-electron chi connectivity index (χ1n) is 11.2. The minimum absolute atomic E-state index is 0.112. The van der Waals surface area contributed by atoms with Crippen molar-refractivity contribution < 1.29 is 19.1 Å². The van der Waals surface area contributed by atoms with Crippen LogP contribution in [0.5, 0.6) is 5.75 Å². The predicted octanol–water partition coefficient (Wildman–Crippen LogP) is 3.94. The summed E-state index contributed by atoms with van der Waals surface area (Å²) in [7, 11) is 1.51. The number of carbonyl (C=O) groups is 3. The van der Waals surface area contributed by atoms with E-state index in [0.717, 1.165) is 31.2 Å². The molecule has 0 aromatic heterocycles. The van der Waals surface area contributed by atoms with Crippen LogP contribution in [0.3, 0.4) is 0 Å². The molecule has 33 heavy (non-hydrogen) atoms. The van der Waals surface area contributed by atoms with Crippen LogP contribution in [0.2, 0.25) is 5.02 Å². The van der Waals surface area contributed by atoms with Crippen LogP contribution in [-0.2, 0) is 9.59 Å². The molecule has 2 aromatic rings. The normalized spacial score (nSPS) is 22.2. The maximum atomic E-state index is 13.7. The molecular formula is C25H28ClN3O4. The van der Waals surface area contributed by atoms with E-state index in [9.17, 15) is 14.4 Å². The van der Waals surface area contributed by atoms with Gasteiger partial charge in [0.05, 0.1) is 25.1 Å². The van der Waals surface area contributed by atoms with Crippen molar-refractivity contribution in [1.82, 2.24) is 10.2 Å². The van der Waals surface area contributed by atoms with Gasteiger partial charge in [0.15, 0.2) is 0 Å². The van der Waals surface area contributed by atoms with Gasteiger partial charge in [-0.05, 0) is 49.6 Å². The number of rotatable bonds is 5. The Morgan fingerprint density at radius 1 is 1.18 bits per heavy atom. The first kappa shape index (κ1) is 23.1. The Balaban J connectivity index is 1.63. The molecule has 1 aliphatic heterocycles. The summed E-state index contributed by atoms with van der Waals surface area (Å²) < 4.78 is 5.40. The molecule has 0 bridgehead atoms. The minimum Gasteiger partial charge on any atom is -0.496 e. The van der Waals surface area contributed by atoms with Gasteiger partial charge >= 0.3 is 0 Å². The maximum Gasteiger partial charge on any atom is 0.258 e. The van der Waals surface area contributed by atoms with Gasteiger partial charge in [0.2, 0.25) is 11.8 Å². The summed E-state index contributed by atoms with van der Waals surface area (Å²) in [6.07, 6.45) is 3.40. The number of amides is 3. The average molecular weight is 470 g/mol. The number of anilines is 1. The highest BCUT2D eigenvalue weighted by Gasteiger charge is 2.46. The molecule has 1 aliphatic carbocycles. The fourth-order valence-corrected chi connectivity index (χ4v) is 4.97. The van der Waals surface area contributed by atoms with Crippen LogP contribution in [0.15, 0.2) is 42.5 Å². The van der Waals surface area contributed by atoms with Crippen LogP contribution in [-0.4, -0.2) is 47.9 Å². The number of para-hydroxylation sites is 1. The SMILES string of the molecule is COc1ccccc1C(=O)N1[C@@H]2CCCC[C@@H]2NC(=O)[C@@H]1CC(=O)Nc1cc(Cl)ccc1C. The van der Waals surface area contributed by atoms with Gasteiger partial charge in [-0.3, -0.25) is 14.4 Å². The van der Waals surface area contributed by atoms with Gasteiger partial charge in [0.1, 0.15) is 11.8 Å².